The predicted octanol–water partition coefficient (Wildman–Crippen LogP) is 1.63. The second kappa shape index (κ2) is 8.50. The molecule has 6 heteroatoms. The third kappa shape index (κ3) is 5.20. The largest absolute Gasteiger partial charge is 0.493 e. The van der Waals surface area contributed by atoms with Gasteiger partial charge in [-0.2, -0.15) is 0 Å². The van der Waals surface area contributed by atoms with E-state index in [1.54, 1.807) is 25.3 Å². The van der Waals surface area contributed by atoms with Crippen molar-refractivity contribution < 1.29 is 24.5 Å². The number of aliphatic hydroxyl groups is 2. The summed E-state index contributed by atoms with van der Waals surface area (Å²) in [5, 5.41) is 21.2. The molecule has 2 rings (SSSR count). The Kier molecular flexibility index (Phi) is 6.38. The van der Waals surface area contributed by atoms with Crippen LogP contribution in [0.4, 0.5) is 0 Å². The van der Waals surface area contributed by atoms with Crippen LogP contribution < -0.4 is 14.8 Å². The maximum absolute atomic E-state index is 11.8. The summed E-state index contributed by atoms with van der Waals surface area (Å²) in [6.45, 7) is 1.23. The van der Waals surface area contributed by atoms with Gasteiger partial charge in [0.05, 0.1) is 13.7 Å². The third-order valence-electron chi connectivity index (χ3n) is 3.72. The van der Waals surface area contributed by atoms with Crippen LogP contribution in [0.2, 0.25) is 0 Å². The molecule has 0 radical (unpaired) electrons. The highest BCUT2D eigenvalue weighted by molar-refractivity contribution is 5.84. The maximum Gasteiger partial charge on any atom is 0.254 e. The van der Waals surface area contributed by atoms with Gasteiger partial charge in [-0.1, -0.05) is 36.4 Å². The van der Waals surface area contributed by atoms with E-state index in [4.69, 9.17) is 14.6 Å². The Morgan fingerprint density at radius 3 is 2.48 bits per heavy atom. The summed E-state index contributed by atoms with van der Waals surface area (Å²) in [6.07, 6.45) is 0. The fraction of sp³-hybridized carbons (Fsp3) is 0.316. The van der Waals surface area contributed by atoms with E-state index < -0.39 is 18.1 Å². The van der Waals surface area contributed by atoms with Gasteiger partial charge in [-0.25, -0.2) is 0 Å². The Labute approximate surface area is 147 Å². The number of rotatable bonds is 8. The average Bonchev–Trinajstić information content (AvgIpc) is 2.65. The Morgan fingerprint density at radius 2 is 1.84 bits per heavy atom. The van der Waals surface area contributed by atoms with Gasteiger partial charge in [0.2, 0.25) is 0 Å². The first kappa shape index (κ1) is 18.8. The van der Waals surface area contributed by atoms with Crippen molar-refractivity contribution in [1.29, 1.82) is 0 Å². The van der Waals surface area contributed by atoms with Crippen molar-refractivity contribution in [3.63, 3.8) is 0 Å². The molecule has 1 atom stereocenters. The van der Waals surface area contributed by atoms with E-state index in [9.17, 15) is 9.90 Å². The first-order chi connectivity index (χ1) is 12.0. The normalized spacial score (nSPS) is 13.0. The van der Waals surface area contributed by atoms with Gasteiger partial charge in [0.1, 0.15) is 6.61 Å². The van der Waals surface area contributed by atoms with Gasteiger partial charge >= 0.3 is 0 Å². The molecule has 0 aliphatic carbocycles. The zero-order chi connectivity index (χ0) is 18.3. The molecule has 0 saturated heterocycles. The molecule has 1 amide bonds. The van der Waals surface area contributed by atoms with Gasteiger partial charge in [-0.05, 0) is 30.2 Å². The van der Waals surface area contributed by atoms with E-state index in [1.165, 1.54) is 6.92 Å². The molecule has 134 valence electrons. The zero-order valence-corrected chi connectivity index (χ0v) is 14.4. The van der Waals surface area contributed by atoms with E-state index in [1.807, 2.05) is 30.3 Å². The molecule has 0 fully saturated rings. The molecule has 0 aliphatic heterocycles. The van der Waals surface area contributed by atoms with Crippen LogP contribution in [0.1, 0.15) is 18.1 Å². The van der Waals surface area contributed by atoms with Crippen LogP contribution in [0.5, 0.6) is 11.5 Å². The summed E-state index contributed by atoms with van der Waals surface area (Å²) in [5.74, 6) is 0.513. The number of aliphatic hydroxyl groups excluding tert-OH is 1. The molecule has 0 spiro atoms. The molecule has 1 unspecified atom stereocenters. The molecule has 0 aliphatic rings. The van der Waals surface area contributed by atoms with Crippen molar-refractivity contribution in [3.05, 3.63) is 59.7 Å². The SMILES string of the molecule is COc1cc(CNC(=O)C(C)(O)CO)ccc1OCc1ccccc1. The smallest absolute Gasteiger partial charge is 0.254 e. The number of carbonyl (C=O) groups is 1. The second-order valence-electron chi connectivity index (χ2n) is 5.87. The fourth-order valence-electron chi connectivity index (χ4n) is 2.12. The Balaban J connectivity index is 2.00. The molecule has 2 aromatic carbocycles. The lowest BCUT2D eigenvalue weighted by atomic mass is 10.1. The van der Waals surface area contributed by atoms with Crippen molar-refractivity contribution in [1.82, 2.24) is 5.32 Å². The van der Waals surface area contributed by atoms with Crippen LogP contribution >= 0.6 is 0 Å². The molecular weight excluding hydrogens is 322 g/mol. The lowest BCUT2D eigenvalue weighted by Gasteiger charge is -2.19. The molecule has 0 saturated carbocycles. The quantitative estimate of drug-likeness (QED) is 0.677. The van der Waals surface area contributed by atoms with Gasteiger partial charge < -0.3 is 25.0 Å². The number of ether oxygens (including phenoxy) is 2. The summed E-state index contributed by atoms with van der Waals surface area (Å²) in [4.78, 5) is 11.8. The number of nitrogens with one attached hydrogen (secondary N) is 1. The minimum atomic E-state index is -1.80. The number of hydrogen-bond donors (Lipinski definition) is 3. The highest BCUT2D eigenvalue weighted by Crippen LogP contribution is 2.28. The highest BCUT2D eigenvalue weighted by Gasteiger charge is 2.28. The highest BCUT2D eigenvalue weighted by atomic mass is 16.5. The van der Waals surface area contributed by atoms with Crippen LogP contribution in [-0.4, -0.2) is 35.4 Å². The summed E-state index contributed by atoms with van der Waals surface area (Å²) < 4.78 is 11.1. The Hall–Kier alpha value is -2.57. The summed E-state index contributed by atoms with van der Waals surface area (Å²) in [7, 11) is 1.55. The van der Waals surface area contributed by atoms with Crippen LogP contribution in [0.25, 0.3) is 0 Å². The number of carbonyl (C=O) groups excluding carboxylic acids is 1. The van der Waals surface area contributed by atoms with Crippen LogP contribution in [0.15, 0.2) is 48.5 Å². The number of benzene rings is 2. The van der Waals surface area contributed by atoms with Crippen molar-refractivity contribution in [3.8, 4) is 11.5 Å². The van der Waals surface area contributed by atoms with E-state index in [-0.39, 0.29) is 6.54 Å². The first-order valence-corrected chi connectivity index (χ1v) is 7.91. The van der Waals surface area contributed by atoms with Crippen LogP contribution in [0, 0.1) is 0 Å². The van der Waals surface area contributed by atoms with Crippen molar-refractivity contribution in [2.45, 2.75) is 25.7 Å². The third-order valence-corrected chi connectivity index (χ3v) is 3.72. The fourth-order valence-corrected chi connectivity index (χ4v) is 2.12. The van der Waals surface area contributed by atoms with E-state index >= 15 is 0 Å². The van der Waals surface area contributed by atoms with Crippen LogP contribution in [0.3, 0.4) is 0 Å². The Bertz CT molecular complexity index is 700. The van der Waals surface area contributed by atoms with E-state index in [0.717, 1.165) is 11.1 Å². The average molecular weight is 345 g/mol. The van der Waals surface area contributed by atoms with Gasteiger partial charge in [0.25, 0.3) is 5.91 Å². The summed E-state index contributed by atoms with van der Waals surface area (Å²) >= 11 is 0. The molecule has 3 N–H and O–H groups in total. The van der Waals surface area contributed by atoms with Gasteiger partial charge in [-0.15, -0.1) is 0 Å². The first-order valence-electron chi connectivity index (χ1n) is 7.91. The minimum Gasteiger partial charge on any atom is -0.493 e. The maximum atomic E-state index is 11.8. The van der Waals surface area contributed by atoms with Gasteiger partial charge in [-0.3, -0.25) is 4.79 Å². The zero-order valence-electron chi connectivity index (χ0n) is 14.4. The van der Waals surface area contributed by atoms with Crippen LogP contribution in [-0.2, 0) is 17.9 Å². The van der Waals surface area contributed by atoms with Gasteiger partial charge in [0.15, 0.2) is 17.1 Å². The molecule has 0 heterocycles. The lowest BCUT2D eigenvalue weighted by molar-refractivity contribution is -0.141. The molecule has 0 aromatic heterocycles. The van der Waals surface area contributed by atoms with E-state index in [0.29, 0.717) is 18.1 Å². The molecule has 6 nitrogen and oxygen atoms in total. The minimum absolute atomic E-state index is 0.199. The van der Waals surface area contributed by atoms with Crippen molar-refractivity contribution in [2.24, 2.45) is 0 Å². The predicted molar refractivity (Wildman–Crippen MR) is 93.3 cm³/mol. The summed E-state index contributed by atoms with van der Waals surface area (Å²) in [5.41, 5.74) is 0.0288. The number of hydrogen-bond acceptors (Lipinski definition) is 5. The number of amides is 1. The standard InChI is InChI=1S/C19H23NO5/c1-19(23,13-21)18(22)20-11-15-8-9-16(17(10-15)24-2)25-12-14-6-4-3-5-7-14/h3-10,21,23H,11-13H2,1-2H3,(H,20,22). The summed E-state index contributed by atoms with van der Waals surface area (Å²) in [6, 6.07) is 15.1. The number of methoxy groups -OCH3 is 1. The lowest BCUT2D eigenvalue weighted by Crippen LogP contribution is -2.46. The second-order valence-corrected chi connectivity index (χ2v) is 5.87. The van der Waals surface area contributed by atoms with Crippen molar-refractivity contribution in [2.75, 3.05) is 13.7 Å². The van der Waals surface area contributed by atoms with Crippen molar-refractivity contribution >= 4 is 5.91 Å². The topological polar surface area (TPSA) is 88.0 Å². The Morgan fingerprint density at radius 1 is 1.12 bits per heavy atom. The molecule has 25 heavy (non-hydrogen) atoms. The van der Waals surface area contributed by atoms with Gasteiger partial charge in [0, 0.05) is 6.54 Å². The molecular formula is C19H23NO5. The van der Waals surface area contributed by atoms with E-state index in [2.05, 4.69) is 5.32 Å². The monoisotopic (exact) mass is 345 g/mol. The molecule has 0 bridgehead atoms. The molecule has 2 aromatic rings.